The van der Waals surface area contributed by atoms with Crippen molar-refractivity contribution in [3.05, 3.63) is 53.7 Å². The molecule has 2 heterocycles. The average molecular weight is 391 g/mol. The normalized spacial score (nSPS) is 14.9. The molecule has 1 saturated heterocycles. The first-order chi connectivity index (χ1) is 12.7. The van der Waals surface area contributed by atoms with Gasteiger partial charge in [0, 0.05) is 47.5 Å². The highest BCUT2D eigenvalue weighted by Crippen LogP contribution is 2.20. The third-order valence-electron chi connectivity index (χ3n) is 4.27. The molecular weight excluding hydrogens is 368 g/mol. The number of halogens is 1. The van der Waals surface area contributed by atoms with Gasteiger partial charge in [-0.25, -0.2) is 9.78 Å². The number of amides is 2. The zero-order valence-electron chi connectivity index (χ0n) is 14.5. The fourth-order valence-corrected chi connectivity index (χ4v) is 3.79. The van der Waals surface area contributed by atoms with Gasteiger partial charge in [0.05, 0.1) is 0 Å². The number of nitrogens with one attached hydrogen (secondary N) is 2. The lowest BCUT2D eigenvalue weighted by atomic mass is 10.1. The molecule has 1 aliphatic heterocycles. The third kappa shape index (κ3) is 5.81. The van der Waals surface area contributed by atoms with Crippen LogP contribution in [0.4, 0.5) is 10.6 Å². The van der Waals surface area contributed by atoms with Gasteiger partial charge in [-0.15, -0.1) is 11.8 Å². The molecule has 5 nitrogen and oxygen atoms in total. The van der Waals surface area contributed by atoms with Gasteiger partial charge in [0.2, 0.25) is 0 Å². The van der Waals surface area contributed by atoms with E-state index in [1.54, 1.807) is 11.8 Å². The van der Waals surface area contributed by atoms with E-state index < -0.39 is 0 Å². The largest absolute Gasteiger partial charge is 0.356 e. The molecule has 1 aliphatic rings. The number of urea groups is 1. The van der Waals surface area contributed by atoms with E-state index in [4.69, 9.17) is 11.6 Å². The van der Waals surface area contributed by atoms with Crippen LogP contribution in [0, 0.1) is 0 Å². The Balaban J connectivity index is 1.31. The van der Waals surface area contributed by atoms with Gasteiger partial charge in [-0.3, -0.25) is 0 Å². The van der Waals surface area contributed by atoms with Gasteiger partial charge >= 0.3 is 6.03 Å². The zero-order chi connectivity index (χ0) is 18.2. The molecular formula is C19H23ClN4OS. The summed E-state index contributed by atoms with van der Waals surface area (Å²) < 4.78 is 0. The summed E-state index contributed by atoms with van der Waals surface area (Å²) in [4.78, 5) is 19.8. The maximum absolute atomic E-state index is 12.0. The topological polar surface area (TPSA) is 57.3 Å². The Hall–Kier alpha value is -1.92. The molecule has 0 aliphatic carbocycles. The summed E-state index contributed by atoms with van der Waals surface area (Å²) in [5, 5.41) is 6.74. The molecule has 0 spiro atoms. The molecule has 2 aromatic rings. The second-order valence-corrected chi connectivity index (χ2v) is 7.76. The molecule has 138 valence electrons. The smallest absolute Gasteiger partial charge is 0.315 e. The van der Waals surface area contributed by atoms with Gasteiger partial charge in [0.25, 0.3) is 0 Å². The first kappa shape index (κ1) is 18.9. The van der Waals surface area contributed by atoms with E-state index in [0.717, 1.165) is 47.4 Å². The summed E-state index contributed by atoms with van der Waals surface area (Å²) in [6.07, 6.45) is 3.68. The summed E-state index contributed by atoms with van der Waals surface area (Å²) in [6.45, 7) is 2.45. The number of thioether (sulfide) groups is 1. The predicted molar refractivity (Wildman–Crippen MR) is 108 cm³/mol. The number of anilines is 1. The molecule has 1 aromatic heterocycles. The summed E-state index contributed by atoms with van der Waals surface area (Å²) in [6, 6.07) is 13.8. The Kier molecular flexibility index (Phi) is 7.03. The Morgan fingerprint density at radius 1 is 1.19 bits per heavy atom. The molecule has 0 unspecified atom stereocenters. The predicted octanol–water partition coefficient (Wildman–Crippen LogP) is 3.80. The number of pyridine rings is 1. The van der Waals surface area contributed by atoms with E-state index in [0.29, 0.717) is 6.54 Å². The van der Waals surface area contributed by atoms with Crippen molar-refractivity contribution in [1.29, 1.82) is 0 Å². The highest BCUT2D eigenvalue weighted by Gasteiger charge is 2.21. The van der Waals surface area contributed by atoms with Gasteiger partial charge in [-0.2, -0.15) is 0 Å². The quantitative estimate of drug-likeness (QED) is 0.582. The zero-order valence-corrected chi connectivity index (χ0v) is 16.1. The monoisotopic (exact) mass is 390 g/mol. The first-order valence-corrected chi connectivity index (χ1v) is 10.2. The minimum absolute atomic E-state index is 0.0852. The Morgan fingerprint density at radius 2 is 1.96 bits per heavy atom. The van der Waals surface area contributed by atoms with Crippen molar-refractivity contribution < 1.29 is 4.79 Å². The van der Waals surface area contributed by atoms with Gasteiger partial charge < -0.3 is 15.5 Å². The summed E-state index contributed by atoms with van der Waals surface area (Å²) >= 11 is 7.57. The van der Waals surface area contributed by atoms with Gasteiger partial charge in [-0.05, 0) is 49.2 Å². The molecule has 1 fully saturated rings. The fourth-order valence-electron chi connectivity index (χ4n) is 2.89. The van der Waals surface area contributed by atoms with Crippen molar-refractivity contribution in [1.82, 2.24) is 15.6 Å². The van der Waals surface area contributed by atoms with Crippen LogP contribution < -0.4 is 15.5 Å². The number of hydrogen-bond donors (Lipinski definition) is 2. The van der Waals surface area contributed by atoms with Crippen LogP contribution in [0.5, 0.6) is 0 Å². The lowest BCUT2D eigenvalue weighted by Gasteiger charge is -2.33. The third-order valence-corrected chi connectivity index (χ3v) is 5.54. The molecule has 0 atom stereocenters. The Morgan fingerprint density at radius 3 is 2.65 bits per heavy atom. The van der Waals surface area contributed by atoms with Gasteiger partial charge in [0.1, 0.15) is 5.82 Å². The minimum Gasteiger partial charge on any atom is -0.356 e. The SMILES string of the molecule is O=C(NCCSc1ccc(Cl)cc1)NC1CCN(c2ccccn2)CC1. The van der Waals surface area contributed by atoms with Crippen LogP contribution in [0.2, 0.25) is 5.02 Å². The van der Waals surface area contributed by atoms with E-state index >= 15 is 0 Å². The lowest BCUT2D eigenvalue weighted by molar-refractivity contribution is 0.235. The van der Waals surface area contributed by atoms with Crippen molar-refractivity contribution in [3.63, 3.8) is 0 Å². The molecule has 3 rings (SSSR count). The van der Waals surface area contributed by atoms with Gasteiger partial charge in [0.15, 0.2) is 0 Å². The van der Waals surface area contributed by atoms with Crippen molar-refractivity contribution in [2.45, 2.75) is 23.8 Å². The van der Waals surface area contributed by atoms with E-state index in [1.807, 2.05) is 48.7 Å². The molecule has 1 aromatic carbocycles. The number of aromatic nitrogens is 1. The van der Waals surface area contributed by atoms with Crippen molar-refractivity contribution in [2.75, 3.05) is 30.3 Å². The minimum atomic E-state index is -0.0852. The number of nitrogens with zero attached hydrogens (tertiary/aromatic N) is 2. The summed E-state index contributed by atoms with van der Waals surface area (Å²) in [5.74, 6) is 1.84. The van der Waals surface area contributed by atoms with Crippen LogP contribution in [0.15, 0.2) is 53.6 Å². The Bertz CT molecular complexity index is 690. The van der Waals surface area contributed by atoms with E-state index in [9.17, 15) is 4.79 Å². The molecule has 0 radical (unpaired) electrons. The van der Waals surface area contributed by atoms with E-state index in [1.165, 1.54) is 0 Å². The highest BCUT2D eigenvalue weighted by molar-refractivity contribution is 7.99. The van der Waals surface area contributed by atoms with E-state index in [-0.39, 0.29) is 12.1 Å². The Labute approximate surface area is 163 Å². The second kappa shape index (κ2) is 9.69. The standard InChI is InChI=1S/C19H23ClN4OS/c20-15-4-6-17(7-5-15)26-14-11-22-19(25)23-16-8-12-24(13-9-16)18-3-1-2-10-21-18/h1-7,10,16H,8-9,11-14H2,(H2,22,23,25). The number of benzene rings is 1. The van der Waals surface area contributed by atoms with Gasteiger partial charge in [-0.1, -0.05) is 17.7 Å². The van der Waals surface area contributed by atoms with E-state index in [2.05, 4.69) is 20.5 Å². The molecule has 7 heteroatoms. The van der Waals surface area contributed by atoms with Crippen LogP contribution in [0.1, 0.15) is 12.8 Å². The number of hydrogen-bond acceptors (Lipinski definition) is 4. The molecule has 2 N–H and O–H groups in total. The second-order valence-electron chi connectivity index (χ2n) is 6.15. The fraction of sp³-hybridized carbons (Fsp3) is 0.368. The number of carbonyl (C=O) groups excluding carboxylic acids is 1. The van der Waals surface area contributed by atoms with Crippen LogP contribution in [0.25, 0.3) is 0 Å². The van der Waals surface area contributed by atoms with Crippen LogP contribution in [-0.4, -0.2) is 42.4 Å². The number of piperidine rings is 1. The lowest BCUT2D eigenvalue weighted by Crippen LogP contribution is -2.48. The summed E-state index contributed by atoms with van der Waals surface area (Å²) in [7, 11) is 0. The molecule has 0 saturated carbocycles. The van der Waals surface area contributed by atoms with Crippen molar-refractivity contribution >= 4 is 35.2 Å². The highest BCUT2D eigenvalue weighted by atomic mass is 35.5. The maximum Gasteiger partial charge on any atom is 0.315 e. The molecule has 26 heavy (non-hydrogen) atoms. The molecule has 0 bridgehead atoms. The van der Waals surface area contributed by atoms with Crippen molar-refractivity contribution in [2.24, 2.45) is 0 Å². The first-order valence-electron chi connectivity index (χ1n) is 8.79. The summed E-state index contributed by atoms with van der Waals surface area (Å²) in [5.41, 5.74) is 0. The van der Waals surface area contributed by atoms with Crippen molar-refractivity contribution in [3.8, 4) is 0 Å². The number of carbonyl (C=O) groups is 1. The molecule has 2 amide bonds. The number of rotatable bonds is 6. The van der Waals surface area contributed by atoms with Crippen LogP contribution in [0.3, 0.4) is 0 Å². The maximum atomic E-state index is 12.0. The van der Waals surface area contributed by atoms with Crippen LogP contribution >= 0.6 is 23.4 Å². The average Bonchev–Trinajstić information content (AvgIpc) is 2.68. The van der Waals surface area contributed by atoms with Crippen LogP contribution in [-0.2, 0) is 0 Å².